The van der Waals surface area contributed by atoms with Crippen LogP contribution in [0.5, 0.6) is 11.5 Å². The van der Waals surface area contributed by atoms with Crippen LogP contribution in [0.3, 0.4) is 0 Å². The van der Waals surface area contributed by atoms with Gasteiger partial charge in [0.1, 0.15) is 11.2 Å². The molecular weight excluding hydrogens is 536 g/mol. The number of carbonyl (C=O) groups excluding carboxylic acids is 2. The lowest BCUT2D eigenvalue weighted by molar-refractivity contribution is -0.164. The molecule has 1 saturated carbocycles. The van der Waals surface area contributed by atoms with Crippen LogP contribution in [0.15, 0.2) is 84.2 Å². The Balaban J connectivity index is 2.41. The largest absolute Gasteiger partial charge is 0.511 e. The first-order valence-electron chi connectivity index (χ1n) is 15.3. The van der Waals surface area contributed by atoms with Gasteiger partial charge in [0.05, 0.1) is 5.41 Å². The molecule has 2 bridgehead atoms. The van der Waals surface area contributed by atoms with Gasteiger partial charge >= 0.3 is 0 Å². The molecule has 2 aliphatic rings. The van der Waals surface area contributed by atoms with Crippen molar-refractivity contribution < 1.29 is 24.9 Å². The number of phenols is 2. The highest BCUT2D eigenvalue weighted by atomic mass is 16.3. The van der Waals surface area contributed by atoms with E-state index in [1.165, 1.54) is 12.1 Å². The summed E-state index contributed by atoms with van der Waals surface area (Å²) in [6, 6.07) is 4.28. The summed E-state index contributed by atoms with van der Waals surface area (Å²) in [6.07, 6.45) is 8.88. The van der Waals surface area contributed by atoms with Crippen LogP contribution in [0.25, 0.3) is 5.57 Å². The lowest BCUT2D eigenvalue weighted by Crippen LogP contribution is -2.67. The molecule has 0 aromatic heterocycles. The number of ketones is 2. The van der Waals surface area contributed by atoms with Crippen molar-refractivity contribution in [3.05, 3.63) is 89.8 Å². The Kier molecular flexibility index (Phi) is 9.90. The van der Waals surface area contributed by atoms with Gasteiger partial charge in [-0.3, -0.25) is 9.59 Å². The van der Waals surface area contributed by atoms with Crippen LogP contribution in [0.4, 0.5) is 0 Å². The molecule has 1 fully saturated rings. The number of allylic oxidation sites excluding steroid dienone is 9. The molecular formula is C38H50O5. The maximum Gasteiger partial charge on any atom is 0.181 e. The summed E-state index contributed by atoms with van der Waals surface area (Å²) in [5.74, 6) is -1.63. The normalized spacial score (nSPS) is 25.5. The first-order valence-corrected chi connectivity index (χ1v) is 15.3. The fourth-order valence-electron chi connectivity index (χ4n) is 7.33. The molecule has 43 heavy (non-hydrogen) atoms. The second-order valence-corrected chi connectivity index (χ2v) is 13.7. The Labute approximate surface area is 258 Å². The van der Waals surface area contributed by atoms with Gasteiger partial charge in [-0.1, -0.05) is 68.0 Å². The SMILES string of the molecule is C=C(C)CCC(C[C@H]1C[C@]2(C/C=C/C)C(=O)[C@](C(=C)c3ccc(O)c(O)c3)(C(=O)C(CC=C(C)C)=C2O)C1(C)C)C(=C)C. The minimum atomic E-state index is -1.72. The van der Waals surface area contributed by atoms with Crippen LogP contribution in [-0.4, -0.2) is 26.9 Å². The smallest absolute Gasteiger partial charge is 0.181 e. The van der Waals surface area contributed by atoms with Crippen LogP contribution >= 0.6 is 0 Å². The van der Waals surface area contributed by atoms with Gasteiger partial charge in [0, 0.05) is 5.57 Å². The molecule has 0 spiro atoms. The quantitative estimate of drug-likeness (QED) is 0.129. The van der Waals surface area contributed by atoms with Crippen molar-refractivity contribution in [2.45, 2.75) is 87.0 Å². The van der Waals surface area contributed by atoms with Gasteiger partial charge in [-0.15, -0.1) is 6.58 Å². The fraction of sp³-hybridized carbons (Fsp3) is 0.474. The van der Waals surface area contributed by atoms with Crippen molar-refractivity contribution in [1.29, 1.82) is 0 Å². The summed E-state index contributed by atoms with van der Waals surface area (Å²) in [7, 11) is 0. The zero-order valence-corrected chi connectivity index (χ0v) is 27.1. The fourth-order valence-corrected chi connectivity index (χ4v) is 7.33. The van der Waals surface area contributed by atoms with Gasteiger partial charge in [-0.05, 0) is 114 Å². The average Bonchev–Trinajstić information content (AvgIpc) is 2.92. The highest BCUT2D eigenvalue weighted by Gasteiger charge is 2.73. The number of fused-ring (bicyclic) bond motifs is 2. The maximum atomic E-state index is 15.2. The van der Waals surface area contributed by atoms with E-state index in [9.17, 15) is 20.1 Å². The Morgan fingerprint density at radius 2 is 1.70 bits per heavy atom. The van der Waals surface area contributed by atoms with E-state index in [-0.39, 0.29) is 58.9 Å². The number of hydrogen-bond acceptors (Lipinski definition) is 5. The van der Waals surface area contributed by atoms with E-state index in [2.05, 4.69) is 19.7 Å². The van der Waals surface area contributed by atoms with E-state index in [1.54, 1.807) is 6.07 Å². The van der Waals surface area contributed by atoms with Gasteiger partial charge in [0.25, 0.3) is 0 Å². The number of aliphatic hydroxyl groups is 1. The number of benzene rings is 1. The summed E-state index contributed by atoms with van der Waals surface area (Å²) >= 11 is 0. The van der Waals surface area contributed by atoms with E-state index >= 15 is 4.79 Å². The summed E-state index contributed by atoms with van der Waals surface area (Å²) in [5.41, 5.74) is 0.0655. The molecule has 1 aromatic rings. The summed E-state index contributed by atoms with van der Waals surface area (Å²) in [5, 5.41) is 32.5. The van der Waals surface area contributed by atoms with Crippen molar-refractivity contribution in [2.75, 3.05) is 0 Å². The predicted octanol–water partition coefficient (Wildman–Crippen LogP) is 9.36. The molecule has 2 aliphatic carbocycles. The van der Waals surface area contributed by atoms with E-state index in [4.69, 9.17) is 0 Å². The zero-order chi connectivity index (χ0) is 32.5. The first kappa shape index (κ1) is 33.9. The number of aliphatic hydroxyl groups excluding tert-OH is 1. The van der Waals surface area contributed by atoms with Crippen LogP contribution in [0, 0.1) is 28.1 Å². The number of hydrogen-bond donors (Lipinski definition) is 3. The number of aromatic hydroxyl groups is 2. The predicted molar refractivity (Wildman–Crippen MR) is 176 cm³/mol. The lowest BCUT2D eigenvalue weighted by atomic mass is 9.38. The van der Waals surface area contributed by atoms with Gasteiger partial charge < -0.3 is 15.3 Å². The van der Waals surface area contributed by atoms with Crippen molar-refractivity contribution in [3.8, 4) is 11.5 Å². The molecule has 0 radical (unpaired) electrons. The third-order valence-electron chi connectivity index (χ3n) is 10.1. The minimum Gasteiger partial charge on any atom is -0.511 e. The van der Waals surface area contributed by atoms with Crippen LogP contribution in [-0.2, 0) is 9.59 Å². The van der Waals surface area contributed by atoms with Crippen molar-refractivity contribution in [2.24, 2.45) is 28.1 Å². The highest BCUT2D eigenvalue weighted by molar-refractivity contribution is 6.28. The molecule has 5 nitrogen and oxygen atoms in total. The third kappa shape index (κ3) is 5.71. The van der Waals surface area contributed by atoms with E-state index in [0.29, 0.717) is 18.4 Å². The monoisotopic (exact) mass is 586 g/mol. The molecule has 3 rings (SSSR count). The summed E-state index contributed by atoms with van der Waals surface area (Å²) in [6.45, 7) is 26.5. The molecule has 1 aromatic carbocycles. The number of carbonyl (C=O) groups is 2. The molecule has 0 heterocycles. The zero-order valence-electron chi connectivity index (χ0n) is 27.1. The average molecular weight is 587 g/mol. The third-order valence-corrected chi connectivity index (χ3v) is 10.1. The second kappa shape index (κ2) is 12.6. The topological polar surface area (TPSA) is 94.8 Å². The molecule has 3 N–H and O–H groups in total. The van der Waals surface area contributed by atoms with Crippen molar-refractivity contribution >= 4 is 17.1 Å². The van der Waals surface area contributed by atoms with Crippen molar-refractivity contribution in [1.82, 2.24) is 0 Å². The Morgan fingerprint density at radius 3 is 2.23 bits per heavy atom. The number of Topliss-reactive ketones (excluding diaryl/α,β-unsaturated/α-hetero) is 2. The van der Waals surface area contributed by atoms with E-state index in [0.717, 1.165) is 29.6 Å². The van der Waals surface area contributed by atoms with Crippen molar-refractivity contribution in [3.63, 3.8) is 0 Å². The van der Waals surface area contributed by atoms with Gasteiger partial charge in [0.15, 0.2) is 23.1 Å². The highest BCUT2D eigenvalue weighted by Crippen LogP contribution is 2.69. The van der Waals surface area contributed by atoms with E-state index in [1.807, 2.05) is 66.7 Å². The summed E-state index contributed by atoms with van der Waals surface area (Å²) < 4.78 is 0. The molecule has 0 amide bonds. The maximum absolute atomic E-state index is 15.2. The van der Waals surface area contributed by atoms with Crippen LogP contribution < -0.4 is 0 Å². The molecule has 5 heteroatoms. The molecule has 0 saturated heterocycles. The second-order valence-electron chi connectivity index (χ2n) is 13.7. The van der Waals surface area contributed by atoms with Gasteiger partial charge in [0.2, 0.25) is 0 Å². The number of rotatable bonds is 12. The Hall–Kier alpha value is -3.60. The molecule has 0 aliphatic heterocycles. The van der Waals surface area contributed by atoms with Crippen LogP contribution in [0.1, 0.15) is 92.6 Å². The van der Waals surface area contributed by atoms with Gasteiger partial charge in [-0.25, -0.2) is 0 Å². The number of phenolic OH excluding ortho intramolecular Hbond substituents is 2. The van der Waals surface area contributed by atoms with Crippen LogP contribution in [0.2, 0.25) is 0 Å². The van der Waals surface area contributed by atoms with E-state index < -0.39 is 22.0 Å². The molecule has 1 unspecified atom stereocenters. The minimum absolute atomic E-state index is 0.128. The Bertz CT molecular complexity index is 1430. The molecule has 232 valence electrons. The lowest BCUT2D eigenvalue weighted by Gasteiger charge is -2.61. The standard InChI is InChI=1S/C38H50O5/c1-11-12-19-37-22-29(20-27(25(6)7)15-13-23(2)3)36(9,10)38(35(37)43,26(8)28-16-18-31(39)32(40)21-28)34(42)30(33(37)41)17-14-24(4)5/h11-12,14,16,18,21,27,29,39-41H,2,6,8,13,15,17,19-20,22H2,1,3-5,7,9-10H3/b12-11+/t27?,29-,37-,38-/m0/s1. The summed E-state index contributed by atoms with van der Waals surface area (Å²) in [4.78, 5) is 30.1. The first-order chi connectivity index (χ1) is 20.0. The molecule has 4 atom stereocenters. The van der Waals surface area contributed by atoms with Gasteiger partial charge in [-0.2, -0.15) is 0 Å². The Morgan fingerprint density at radius 1 is 1.05 bits per heavy atom.